The van der Waals surface area contributed by atoms with E-state index in [1.165, 1.54) is 0 Å². The minimum absolute atomic E-state index is 0.115. The van der Waals surface area contributed by atoms with Crippen molar-refractivity contribution in [2.45, 2.75) is 0 Å². The zero-order chi connectivity index (χ0) is 13.0. The predicted octanol–water partition coefficient (Wildman–Crippen LogP) is 1.17. The molecule has 1 aromatic rings. The van der Waals surface area contributed by atoms with Crippen molar-refractivity contribution < 1.29 is 4.79 Å². The largest absolute Gasteiger partial charge is 0.336 e. The van der Waals surface area contributed by atoms with Crippen molar-refractivity contribution >= 4 is 21.8 Å². The first-order valence-electron chi connectivity index (χ1n) is 6.18. The van der Waals surface area contributed by atoms with Gasteiger partial charge in [-0.3, -0.25) is 9.69 Å². The fourth-order valence-electron chi connectivity index (χ4n) is 2.16. The standard InChI is InChI=1S/C13H18BrN3O/c14-12-3-1-2-11(10-12)13(18)17-8-6-16(5-4-15)7-9-17/h1-3,10H,4-9,15H2. The second-order valence-corrected chi connectivity index (χ2v) is 5.35. The lowest BCUT2D eigenvalue weighted by Gasteiger charge is -2.34. The van der Waals surface area contributed by atoms with Crippen LogP contribution in [-0.2, 0) is 0 Å². The molecule has 0 aliphatic carbocycles. The molecule has 0 radical (unpaired) electrons. The normalized spacial score (nSPS) is 16.9. The summed E-state index contributed by atoms with van der Waals surface area (Å²) in [5.74, 6) is 0.115. The molecule has 18 heavy (non-hydrogen) atoms. The van der Waals surface area contributed by atoms with Crippen LogP contribution in [0.3, 0.4) is 0 Å². The molecule has 5 heteroatoms. The molecule has 1 saturated heterocycles. The number of nitrogens with two attached hydrogens (primary N) is 1. The molecule has 1 aliphatic heterocycles. The Bertz CT molecular complexity index is 416. The summed E-state index contributed by atoms with van der Waals surface area (Å²) < 4.78 is 0.940. The predicted molar refractivity (Wildman–Crippen MR) is 75.5 cm³/mol. The summed E-state index contributed by atoms with van der Waals surface area (Å²) in [4.78, 5) is 16.5. The Hall–Kier alpha value is -0.910. The van der Waals surface area contributed by atoms with Gasteiger partial charge in [-0.05, 0) is 18.2 Å². The zero-order valence-electron chi connectivity index (χ0n) is 10.3. The second-order valence-electron chi connectivity index (χ2n) is 4.43. The number of nitrogens with zero attached hydrogens (tertiary/aromatic N) is 2. The highest BCUT2D eigenvalue weighted by molar-refractivity contribution is 9.10. The van der Waals surface area contributed by atoms with Gasteiger partial charge in [0.05, 0.1) is 0 Å². The number of carbonyl (C=O) groups excluding carboxylic acids is 1. The van der Waals surface area contributed by atoms with Crippen LogP contribution < -0.4 is 5.73 Å². The SMILES string of the molecule is NCCN1CCN(C(=O)c2cccc(Br)c2)CC1. The van der Waals surface area contributed by atoms with E-state index in [1.54, 1.807) is 0 Å². The lowest BCUT2D eigenvalue weighted by Crippen LogP contribution is -2.49. The maximum atomic E-state index is 12.3. The van der Waals surface area contributed by atoms with Gasteiger partial charge in [0.25, 0.3) is 5.91 Å². The van der Waals surface area contributed by atoms with Gasteiger partial charge in [0.1, 0.15) is 0 Å². The van der Waals surface area contributed by atoms with E-state index in [0.29, 0.717) is 6.54 Å². The summed E-state index contributed by atoms with van der Waals surface area (Å²) in [5, 5.41) is 0. The van der Waals surface area contributed by atoms with Crippen LogP contribution >= 0.6 is 15.9 Å². The molecule has 2 rings (SSSR count). The van der Waals surface area contributed by atoms with Crippen LogP contribution in [0.1, 0.15) is 10.4 Å². The monoisotopic (exact) mass is 311 g/mol. The zero-order valence-corrected chi connectivity index (χ0v) is 11.9. The van der Waals surface area contributed by atoms with Gasteiger partial charge in [-0.15, -0.1) is 0 Å². The molecule has 0 spiro atoms. The molecule has 2 N–H and O–H groups in total. The summed E-state index contributed by atoms with van der Waals surface area (Å²) in [5.41, 5.74) is 6.28. The maximum Gasteiger partial charge on any atom is 0.253 e. The Morgan fingerprint density at radius 3 is 2.61 bits per heavy atom. The van der Waals surface area contributed by atoms with Crippen LogP contribution in [-0.4, -0.2) is 55.0 Å². The Morgan fingerprint density at radius 1 is 1.28 bits per heavy atom. The van der Waals surface area contributed by atoms with Crippen molar-refractivity contribution in [3.63, 3.8) is 0 Å². The van der Waals surface area contributed by atoms with E-state index in [4.69, 9.17) is 5.73 Å². The van der Waals surface area contributed by atoms with Crippen LogP contribution in [0.5, 0.6) is 0 Å². The third kappa shape index (κ3) is 3.31. The highest BCUT2D eigenvalue weighted by Crippen LogP contribution is 2.14. The van der Waals surface area contributed by atoms with Crippen LogP contribution in [0.25, 0.3) is 0 Å². The fraction of sp³-hybridized carbons (Fsp3) is 0.462. The minimum atomic E-state index is 0.115. The molecule has 4 nitrogen and oxygen atoms in total. The molecule has 98 valence electrons. The van der Waals surface area contributed by atoms with E-state index < -0.39 is 0 Å². The Morgan fingerprint density at radius 2 is 2.00 bits per heavy atom. The van der Waals surface area contributed by atoms with Crippen molar-refractivity contribution in [3.05, 3.63) is 34.3 Å². The van der Waals surface area contributed by atoms with Crippen molar-refractivity contribution in [1.29, 1.82) is 0 Å². The molecule has 0 aromatic heterocycles. The second kappa shape index (κ2) is 6.31. The van der Waals surface area contributed by atoms with Crippen molar-refractivity contribution in [2.24, 2.45) is 5.73 Å². The molecule has 0 atom stereocenters. The fourth-order valence-corrected chi connectivity index (χ4v) is 2.56. The summed E-state index contributed by atoms with van der Waals surface area (Å²) >= 11 is 3.39. The molecular formula is C13H18BrN3O. The number of halogens is 1. The van der Waals surface area contributed by atoms with Crippen LogP contribution in [0, 0.1) is 0 Å². The third-order valence-electron chi connectivity index (χ3n) is 3.18. The van der Waals surface area contributed by atoms with Gasteiger partial charge in [-0.1, -0.05) is 22.0 Å². The van der Waals surface area contributed by atoms with Gasteiger partial charge in [-0.2, -0.15) is 0 Å². The summed E-state index contributed by atoms with van der Waals surface area (Å²) in [7, 11) is 0. The lowest BCUT2D eigenvalue weighted by atomic mass is 10.2. The van der Waals surface area contributed by atoms with E-state index >= 15 is 0 Å². The smallest absolute Gasteiger partial charge is 0.253 e. The van der Waals surface area contributed by atoms with Crippen molar-refractivity contribution in [1.82, 2.24) is 9.80 Å². The lowest BCUT2D eigenvalue weighted by molar-refractivity contribution is 0.0641. The van der Waals surface area contributed by atoms with Gasteiger partial charge in [0, 0.05) is 49.3 Å². The summed E-state index contributed by atoms with van der Waals surface area (Å²) in [6.07, 6.45) is 0. The molecule has 1 heterocycles. The highest BCUT2D eigenvalue weighted by atomic mass is 79.9. The number of piperazine rings is 1. The number of hydrogen-bond donors (Lipinski definition) is 1. The van der Waals surface area contributed by atoms with Crippen molar-refractivity contribution in [3.8, 4) is 0 Å². The molecule has 0 bridgehead atoms. The van der Waals surface area contributed by atoms with Crippen LogP contribution in [0.4, 0.5) is 0 Å². The number of carbonyl (C=O) groups is 1. The molecule has 1 amide bonds. The number of amides is 1. The first kappa shape index (κ1) is 13.5. The topological polar surface area (TPSA) is 49.6 Å². The summed E-state index contributed by atoms with van der Waals surface area (Å²) in [6, 6.07) is 7.55. The Balaban J connectivity index is 1.95. The first-order chi connectivity index (χ1) is 8.70. The van der Waals surface area contributed by atoms with Gasteiger partial charge in [0.2, 0.25) is 0 Å². The summed E-state index contributed by atoms with van der Waals surface area (Å²) in [6.45, 7) is 4.99. The van der Waals surface area contributed by atoms with E-state index in [9.17, 15) is 4.79 Å². The average Bonchev–Trinajstić information content (AvgIpc) is 2.39. The van der Waals surface area contributed by atoms with Gasteiger partial charge in [0.15, 0.2) is 0 Å². The Kier molecular flexibility index (Phi) is 4.74. The van der Waals surface area contributed by atoms with E-state index in [1.807, 2.05) is 29.2 Å². The minimum Gasteiger partial charge on any atom is -0.336 e. The number of hydrogen-bond acceptors (Lipinski definition) is 3. The molecule has 0 unspecified atom stereocenters. The van der Waals surface area contributed by atoms with Crippen LogP contribution in [0.15, 0.2) is 28.7 Å². The first-order valence-corrected chi connectivity index (χ1v) is 6.97. The molecule has 1 aliphatic rings. The van der Waals surface area contributed by atoms with Crippen molar-refractivity contribution in [2.75, 3.05) is 39.3 Å². The third-order valence-corrected chi connectivity index (χ3v) is 3.67. The van der Waals surface area contributed by atoms with Gasteiger partial charge >= 0.3 is 0 Å². The molecule has 1 fully saturated rings. The Labute approximate surface area is 116 Å². The molecular weight excluding hydrogens is 294 g/mol. The van der Waals surface area contributed by atoms with Gasteiger partial charge in [-0.25, -0.2) is 0 Å². The van der Waals surface area contributed by atoms with E-state index in [2.05, 4.69) is 20.8 Å². The molecule has 1 aromatic carbocycles. The number of benzene rings is 1. The quantitative estimate of drug-likeness (QED) is 0.911. The van der Waals surface area contributed by atoms with E-state index in [-0.39, 0.29) is 5.91 Å². The molecule has 0 saturated carbocycles. The van der Waals surface area contributed by atoms with Crippen LogP contribution in [0.2, 0.25) is 0 Å². The average molecular weight is 312 g/mol. The number of rotatable bonds is 3. The highest BCUT2D eigenvalue weighted by Gasteiger charge is 2.21. The van der Waals surface area contributed by atoms with Gasteiger partial charge < -0.3 is 10.6 Å². The maximum absolute atomic E-state index is 12.3. The van der Waals surface area contributed by atoms with E-state index in [0.717, 1.165) is 42.8 Å².